The smallest absolute Gasteiger partial charge is 0.181 e. The number of aromatic amines is 1. The van der Waals surface area contributed by atoms with Gasteiger partial charge in [0.2, 0.25) is 0 Å². The van der Waals surface area contributed by atoms with Crippen LogP contribution >= 0.6 is 0 Å². The summed E-state index contributed by atoms with van der Waals surface area (Å²) in [6.07, 6.45) is 0. The van der Waals surface area contributed by atoms with Crippen LogP contribution in [0.1, 0.15) is 17.4 Å². The first-order valence-electron chi connectivity index (χ1n) is 7.17. The third kappa shape index (κ3) is 3.17. The molecule has 1 atom stereocenters. The van der Waals surface area contributed by atoms with Crippen LogP contribution in [0.5, 0.6) is 11.5 Å². The molecule has 0 fully saturated rings. The number of hydrogen-bond donors (Lipinski definition) is 2. The van der Waals surface area contributed by atoms with Gasteiger partial charge in [-0.25, -0.2) is 4.98 Å². The number of nitrogens with one attached hydrogen (secondary N) is 1. The van der Waals surface area contributed by atoms with Gasteiger partial charge in [-0.3, -0.25) is 5.10 Å². The Labute approximate surface area is 134 Å². The second-order valence-electron chi connectivity index (χ2n) is 5.03. The molecule has 118 valence electrons. The summed E-state index contributed by atoms with van der Waals surface area (Å²) in [7, 11) is 3.26. The van der Waals surface area contributed by atoms with Gasteiger partial charge in [-0.2, -0.15) is 5.10 Å². The maximum absolute atomic E-state index is 6.26. The van der Waals surface area contributed by atoms with Crippen molar-refractivity contribution in [3.63, 3.8) is 0 Å². The summed E-state index contributed by atoms with van der Waals surface area (Å²) in [5.74, 6) is 2.74. The van der Waals surface area contributed by atoms with Gasteiger partial charge < -0.3 is 15.2 Å². The fourth-order valence-electron chi connectivity index (χ4n) is 2.27. The molecule has 0 aliphatic heterocycles. The van der Waals surface area contributed by atoms with E-state index < -0.39 is 0 Å². The lowest BCUT2D eigenvalue weighted by Crippen LogP contribution is -2.13. The summed E-state index contributed by atoms with van der Waals surface area (Å²) in [4.78, 5) is 4.50. The molecular weight excluding hydrogens is 292 g/mol. The molecule has 1 heterocycles. The Balaban J connectivity index is 1.85. The van der Waals surface area contributed by atoms with Gasteiger partial charge >= 0.3 is 0 Å². The van der Waals surface area contributed by atoms with Crippen LogP contribution in [0, 0.1) is 0 Å². The Bertz CT molecular complexity index is 783. The number of methoxy groups -OCH3 is 2. The van der Waals surface area contributed by atoms with Crippen molar-refractivity contribution in [1.29, 1.82) is 0 Å². The van der Waals surface area contributed by atoms with Crippen molar-refractivity contribution in [2.45, 2.75) is 6.04 Å². The molecule has 0 radical (unpaired) electrons. The van der Waals surface area contributed by atoms with Gasteiger partial charge in [0, 0.05) is 5.56 Å². The lowest BCUT2D eigenvalue weighted by atomic mass is 10.1. The predicted octanol–water partition coefficient (Wildman–Crippen LogP) is 2.54. The molecule has 0 aliphatic carbocycles. The van der Waals surface area contributed by atoms with Crippen molar-refractivity contribution in [3.05, 3.63) is 59.9 Å². The maximum atomic E-state index is 6.26. The predicted molar refractivity (Wildman–Crippen MR) is 87.4 cm³/mol. The van der Waals surface area contributed by atoms with E-state index in [2.05, 4.69) is 15.2 Å². The molecule has 3 aromatic rings. The number of benzene rings is 2. The van der Waals surface area contributed by atoms with Crippen LogP contribution in [0.2, 0.25) is 0 Å². The Morgan fingerprint density at radius 1 is 1.00 bits per heavy atom. The van der Waals surface area contributed by atoms with Crippen LogP contribution < -0.4 is 15.2 Å². The fraction of sp³-hybridized carbons (Fsp3) is 0.176. The molecule has 23 heavy (non-hydrogen) atoms. The molecule has 0 bridgehead atoms. The monoisotopic (exact) mass is 310 g/mol. The van der Waals surface area contributed by atoms with Crippen LogP contribution in [0.25, 0.3) is 11.4 Å². The molecular formula is C17H18N4O2. The number of hydrogen-bond acceptors (Lipinski definition) is 5. The van der Waals surface area contributed by atoms with Crippen LogP contribution in [0.4, 0.5) is 0 Å². The highest BCUT2D eigenvalue weighted by molar-refractivity contribution is 5.57. The minimum absolute atomic E-state index is 0.382. The SMILES string of the molecule is COc1ccc(C(N)c2nc(-c3cccc(OC)c3)n[nH]2)cc1. The highest BCUT2D eigenvalue weighted by Gasteiger charge is 2.15. The van der Waals surface area contributed by atoms with Gasteiger partial charge in [0.15, 0.2) is 5.82 Å². The number of rotatable bonds is 5. The van der Waals surface area contributed by atoms with Gasteiger partial charge in [0.25, 0.3) is 0 Å². The van der Waals surface area contributed by atoms with Gasteiger partial charge in [-0.05, 0) is 29.8 Å². The summed E-state index contributed by atoms with van der Waals surface area (Å²) < 4.78 is 10.4. The second-order valence-corrected chi connectivity index (χ2v) is 5.03. The van der Waals surface area contributed by atoms with E-state index in [1.165, 1.54) is 0 Å². The first-order chi connectivity index (χ1) is 11.2. The van der Waals surface area contributed by atoms with Gasteiger partial charge in [-0.1, -0.05) is 24.3 Å². The van der Waals surface area contributed by atoms with Crippen LogP contribution in [0.15, 0.2) is 48.5 Å². The first kappa shape index (κ1) is 15.1. The molecule has 0 saturated carbocycles. The molecule has 0 saturated heterocycles. The van der Waals surface area contributed by atoms with Gasteiger partial charge in [0.1, 0.15) is 17.3 Å². The molecule has 2 aromatic carbocycles. The van der Waals surface area contributed by atoms with Crippen molar-refractivity contribution in [2.24, 2.45) is 5.73 Å². The van der Waals surface area contributed by atoms with E-state index >= 15 is 0 Å². The molecule has 0 spiro atoms. The van der Waals surface area contributed by atoms with Crippen LogP contribution in [-0.2, 0) is 0 Å². The minimum atomic E-state index is -0.382. The normalized spacial score (nSPS) is 12.0. The summed E-state index contributed by atoms with van der Waals surface area (Å²) in [5, 5.41) is 7.16. The lowest BCUT2D eigenvalue weighted by molar-refractivity contribution is 0.414. The zero-order valence-electron chi connectivity index (χ0n) is 13.0. The second kappa shape index (κ2) is 6.50. The molecule has 6 nitrogen and oxygen atoms in total. The Kier molecular flexibility index (Phi) is 4.25. The zero-order valence-corrected chi connectivity index (χ0v) is 13.0. The summed E-state index contributed by atoms with van der Waals surface area (Å²) >= 11 is 0. The highest BCUT2D eigenvalue weighted by Crippen LogP contribution is 2.24. The molecule has 3 rings (SSSR count). The molecule has 3 N–H and O–H groups in total. The lowest BCUT2D eigenvalue weighted by Gasteiger charge is -2.09. The minimum Gasteiger partial charge on any atom is -0.497 e. The van der Waals surface area contributed by atoms with Crippen molar-refractivity contribution < 1.29 is 9.47 Å². The third-order valence-electron chi connectivity index (χ3n) is 3.60. The fourth-order valence-corrected chi connectivity index (χ4v) is 2.27. The van der Waals surface area contributed by atoms with Gasteiger partial charge in [0.05, 0.1) is 20.3 Å². The Hall–Kier alpha value is -2.86. The molecule has 0 aliphatic rings. The quantitative estimate of drug-likeness (QED) is 0.756. The standard InChI is InChI=1S/C17H18N4O2/c1-22-13-8-6-11(7-9-13)15(18)17-19-16(20-21-17)12-4-3-5-14(10-12)23-2/h3-10,15H,18H2,1-2H3,(H,19,20,21). The number of ether oxygens (including phenoxy) is 2. The molecule has 1 unspecified atom stereocenters. The summed E-state index contributed by atoms with van der Waals surface area (Å²) in [5.41, 5.74) is 8.06. The highest BCUT2D eigenvalue weighted by atomic mass is 16.5. The third-order valence-corrected chi connectivity index (χ3v) is 3.60. The Morgan fingerprint density at radius 2 is 1.74 bits per heavy atom. The maximum Gasteiger partial charge on any atom is 0.181 e. The van der Waals surface area contributed by atoms with E-state index in [-0.39, 0.29) is 6.04 Å². The summed E-state index contributed by atoms with van der Waals surface area (Å²) in [6, 6.07) is 14.8. The van der Waals surface area contributed by atoms with E-state index in [4.69, 9.17) is 15.2 Å². The number of H-pyrrole nitrogens is 1. The summed E-state index contributed by atoms with van der Waals surface area (Å²) in [6.45, 7) is 0. The van der Waals surface area contributed by atoms with Gasteiger partial charge in [-0.15, -0.1) is 0 Å². The number of nitrogens with zero attached hydrogens (tertiary/aromatic N) is 2. The first-order valence-corrected chi connectivity index (χ1v) is 7.17. The molecule has 0 amide bonds. The molecule has 1 aromatic heterocycles. The van der Waals surface area contributed by atoms with Crippen molar-refractivity contribution in [3.8, 4) is 22.9 Å². The number of nitrogens with two attached hydrogens (primary N) is 1. The van der Waals surface area contributed by atoms with E-state index in [1.54, 1.807) is 14.2 Å². The molecule has 6 heteroatoms. The van der Waals surface area contributed by atoms with E-state index in [0.29, 0.717) is 11.6 Å². The van der Waals surface area contributed by atoms with E-state index in [9.17, 15) is 0 Å². The average Bonchev–Trinajstić information content (AvgIpc) is 3.11. The Morgan fingerprint density at radius 3 is 2.43 bits per heavy atom. The largest absolute Gasteiger partial charge is 0.497 e. The van der Waals surface area contributed by atoms with Crippen LogP contribution in [0.3, 0.4) is 0 Å². The van der Waals surface area contributed by atoms with Crippen LogP contribution in [-0.4, -0.2) is 29.4 Å². The van der Waals surface area contributed by atoms with E-state index in [1.807, 2.05) is 48.5 Å². The van der Waals surface area contributed by atoms with Crippen molar-refractivity contribution in [2.75, 3.05) is 14.2 Å². The van der Waals surface area contributed by atoms with Crippen molar-refractivity contribution >= 4 is 0 Å². The average molecular weight is 310 g/mol. The number of aromatic nitrogens is 3. The zero-order chi connectivity index (χ0) is 16.2. The van der Waals surface area contributed by atoms with Crippen molar-refractivity contribution in [1.82, 2.24) is 15.2 Å². The van der Waals surface area contributed by atoms with E-state index in [0.717, 1.165) is 22.6 Å². The topological polar surface area (TPSA) is 86.1 Å².